The van der Waals surface area contributed by atoms with Crippen molar-refractivity contribution < 1.29 is 4.79 Å². The van der Waals surface area contributed by atoms with Gasteiger partial charge in [0, 0.05) is 36.4 Å². The fraction of sp³-hybridized carbons (Fsp3) is 0.316. The molecule has 1 saturated heterocycles. The average molecular weight is 344 g/mol. The molecule has 0 spiro atoms. The normalized spacial score (nSPS) is 16.9. The van der Waals surface area contributed by atoms with Crippen LogP contribution < -0.4 is 15.5 Å². The first kappa shape index (κ1) is 16.7. The number of nitrogens with zero attached hydrogens (tertiary/aromatic N) is 1. The smallest absolute Gasteiger partial charge is 0.315 e. The second kappa shape index (κ2) is 8.06. The van der Waals surface area contributed by atoms with Crippen LogP contribution in [0.25, 0.3) is 0 Å². The van der Waals surface area contributed by atoms with Crippen molar-refractivity contribution >= 4 is 23.3 Å². The zero-order chi connectivity index (χ0) is 16.8. The Balaban J connectivity index is 1.46. The molecule has 0 aromatic heterocycles. The third kappa shape index (κ3) is 4.42. The van der Waals surface area contributed by atoms with Gasteiger partial charge in [0.25, 0.3) is 0 Å². The van der Waals surface area contributed by atoms with E-state index >= 15 is 0 Å². The Kier molecular flexibility index (Phi) is 5.59. The number of urea groups is 1. The third-order valence-electron chi connectivity index (χ3n) is 4.33. The Morgan fingerprint density at radius 1 is 1.08 bits per heavy atom. The maximum Gasteiger partial charge on any atom is 0.315 e. The summed E-state index contributed by atoms with van der Waals surface area (Å²) < 4.78 is 0. The Morgan fingerprint density at radius 3 is 2.58 bits per heavy atom. The predicted octanol–water partition coefficient (Wildman–Crippen LogP) is 3.81. The van der Waals surface area contributed by atoms with Gasteiger partial charge in [0.2, 0.25) is 0 Å². The lowest BCUT2D eigenvalue weighted by molar-refractivity contribution is 0.240. The summed E-state index contributed by atoms with van der Waals surface area (Å²) in [4.78, 5) is 14.4. The molecule has 1 aliphatic heterocycles. The molecule has 0 radical (unpaired) electrons. The van der Waals surface area contributed by atoms with E-state index in [0.717, 1.165) is 24.9 Å². The highest BCUT2D eigenvalue weighted by Crippen LogP contribution is 2.24. The molecule has 4 nitrogen and oxygen atoms in total. The molecule has 0 aliphatic carbocycles. The first-order chi connectivity index (χ1) is 11.7. The Hall–Kier alpha value is -2.20. The van der Waals surface area contributed by atoms with Crippen molar-refractivity contribution in [3.05, 3.63) is 65.2 Å². The number of para-hydroxylation sites is 1. The van der Waals surface area contributed by atoms with E-state index in [0.29, 0.717) is 24.2 Å². The van der Waals surface area contributed by atoms with Crippen LogP contribution in [0.2, 0.25) is 5.02 Å². The molecule has 126 valence electrons. The summed E-state index contributed by atoms with van der Waals surface area (Å²) in [6.07, 6.45) is 2.26. The van der Waals surface area contributed by atoms with Crippen LogP contribution in [0.15, 0.2) is 54.6 Å². The fourth-order valence-corrected chi connectivity index (χ4v) is 3.19. The minimum Gasteiger partial charge on any atom is -0.367 e. The van der Waals surface area contributed by atoms with E-state index in [1.807, 2.05) is 30.3 Å². The SMILES string of the molecule is O=C(NCc1ccc(Cl)cc1)NCC1CCCN1c1ccccc1. The van der Waals surface area contributed by atoms with Gasteiger partial charge in [-0.25, -0.2) is 4.79 Å². The lowest BCUT2D eigenvalue weighted by atomic mass is 10.2. The summed E-state index contributed by atoms with van der Waals surface area (Å²) in [5.41, 5.74) is 2.25. The topological polar surface area (TPSA) is 44.4 Å². The number of rotatable bonds is 5. The summed E-state index contributed by atoms with van der Waals surface area (Å²) in [5.74, 6) is 0. The average Bonchev–Trinajstić information content (AvgIpc) is 3.09. The maximum atomic E-state index is 12.0. The van der Waals surface area contributed by atoms with Gasteiger partial charge in [-0.2, -0.15) is 0 Å². The van der Waals surface area contributed by atoms with Gasteiger partial charge in [-0.15, -0.1) is 0 Å². The number of halogens is 1. The van der Waals surface area contributed by atoms with E-state index in [4.69, 9.17) is 11.6 Å². The van der Waals surface area contributed by atoms with Gasteiger partial charge in [-0.3, -0.25) is 0 Å². The van der Waals surface area contributed by atoms with Crippen LogP contribution in [-0.4, -0.2) is 25.2 Å². The van der Waals surface area contributed by atoms with Crippen molar-refractivity contribution in [1.82, 2.24) is 10.6 Å². The van der Waals surface area contributed by atoms with Gasteiger partial charge in [0.05, 0.1) is 0 Å². The molecular formula is C19H22ClN3O. The Morgan fingerprint density at radius 2 is 1.83 bits per heavy atom. The number of hydrogen-bond donors (Lipinski definition) is 2. The molecule has 24 heavy (non-hydrogen) atoms. The van der Waals surface area contributed by atoms with Crippen LogP contribution in [-0.2, 0) is 6.54 Å². The van der Waals surface area contributed by atoms with Gasteiger partial charge in [0.1, 0.15) is 0 Å². The van der Waals surface area contributed by atoms with Crippen LogP contribution in [0.3, 0.4) is 0 Å². The minimum absolute atomic E-state index is 0.134. The molecule has 5 heteroatoms. The number of carbonyl (C=O) groups excluding carboxylic acids is 1. The first-order valence-electron chi connectivity index (χ1n) is 8.30. The Labute approximate surface area is 147 Å². The predicted molar refractivity (Wildman–Crippen MR) is 98.5 cm³/mol. The van der Waals surface area contributed by atoms with Crippen LogP contribution in [0.5, 0.6) is 0 Å². The van der Waals surface area contributed by atoms with E-state index in [2.05, 4.69) is 39.8 Å². The molecular weight excluding hydrogens is 322 g/mol. The number of carbonyl (C=O) groups is 1. The summed E-state index contributed by atoms with van der Waals surface area (Å²) in [7, 11) is 0. The van der Waals surface area contributed by atoms with Gasteiger partial charge in [-0.05, 0) is 42.7 Å². The second-order valence-electron chi connectivity index (χ2n) is 6.02. The molecule has 2 aromatic carbocycles. The number of anilines is 1. The highest BCUT2D eigenvalue weighted by Gasteiger charge is 2.24. The first-order valence-corrected chi connectivity index (χ1v) is 8.68. The van der Waals surface area contributed by atoms with Gasteiger partial charge >= 0.3 is 6.03 Å². The van der Waals surface area contributed by atoms with Crippen molar-refractivity contribution in [2.75, 3.05) is 18.0 Å². The molecule has 2 amide bonds. The number of amides is 2. The van der Waals surface area contributed by atoms with Crippen molar-refractivity contribution in [2.24, 2.45) is 0 Å². The summed E-state index contributed by atoms with van der Waals surface area (Å²) in [6, 6.07) is 18.1. The fourth-order valence-electron chi connectivity index (χ4n) is 3.06. The van der Waals surface area contributed by atoms with Crippen LogP contribution >= 0.6 is 11.6 Å². The van der Waals surface area contributed by atoms with Gasteiger partial charge in [0.15, 0.2) is 0 Å². The quantitative estimate of drug-likeness (QED) is 0.867. The summed E-state index contributed by atoms with van der Waals surface area (Å²) in [6.45, 7) is 2.19. The van der Waals surface area contributed by atoms with Gasteiger partial charge in [-0.1, -0.05) is 41.9 Å². The Bertz CT molecular complexity index is 660. The van der Waals surface area contributed by atoms with E-state index in [1.54, 1.807) is 0 Å². The molecule has 0 saturated carbocycles. The van der Waals surface area contributed by atoms with Crippen LogP contribution in [0, 0.1) is 0 Å². The second-order valence-corrected chi connectivity index (χ2v) is 6.45. The van der Waals surface area contributed by atoms with Crippen LogP contribution in [0.1, 0.15) is 18.4 Å². The zero-order valence-electron chi connectivity index (χ0n) is 13.5. The van der Waals surface area contributed by atoms with E-state index in [9.17, 15) is 4.79 Å². The highest BCUT2D eigenvalue weighted by atomic mass is 35.5. The van der Waals surface area contributed by atoms with Crippen molar-refractivity contribution in [1.29, 1.82) is 0 Å². The molecule has 3 rings (SSSR count). The van der Waals surface area contributed by atoms with Crippen molar-refractivity contribution in [2.45, 2.75) is 25.4 Å². The minimum atomic E-state index is -0.134. The highest BCUT2D eigenvalue weighted by molar-refractivity contribution is 6.30. The monoisotopic (exact) mass is 343 g/mol. The van der Waals surface area contributed by atoms with Crippen LogP contribution in [0.4, 0.5) is 10.5 Å². The van der Waals surface area contributed by atoms with E-state index < -0.39 is 0 Å². The number of hydrogen-bond acceptors (Lipinski definition) is 2. The van der Waals surface area contributed by atoms with E-state index in [-0.39, 0.29) is 6.03 Å². The van der Waals surface area contributed by atoms with Crippen molar-refractivity contribution in [3.8, 4) is 0 Å². The third-order valence-corrected chi connectivity index (χ3v) is 4.58. The summed E-state index contributed by atoms with van der Waals surface area (Å²) >= 11 is 5.86. The number of nitrogens with one attached hydrogen (secondary N) is 2. The lowest BCUT2D eigenvalue weighted by Crippen LogP contribution is -2.43. The molecule has 1 unspecified atom stereocenters. The molecule has 1 heterocycles. The largest absolute Gasteiger partial charge is 0.367 e. The summed E-state index contributed by atoms with van der Waals surface area (Å²) in [5, 5.41) is 6.57. The molecule has 1 atom stereocenters. The molecule has 2 N–H and O–H groups in total. The lowest BCUT2D eigenvalue weighted by Gasteiger charge is -2.27. The standard InChI is InChI=1S/C19H22ClN3O/c20-16-10-8-15(9-11-16)13-21-19(24)22-14-18-7-4-12-23(18)17-5-2-1-3-6-17/h1-3,5-6,8-11,18H,4,7,12-14H2,(H2,21,22,24). The molecule has 2 aromatic rings. The van der Waals surface area contributed by atoms with E-state index in [1.165, 1.54) is 5.69 Å². The van der Waals surface area contributed by atoms with Gasteiger partial charge < -0.3 is 15.5 Å². The maximum absolute atomic E-state index is 12.0. The molecule has 1 fully saturated rings. The number of benzene rings is 2. The molecule has 1 aliphatic rings. The van der Waals surface area contributed by atoms with Crippen molar-refractivity contribution in [3.63, 3.8) is 0 Å². The zero-order valence-corrected chi connectivity index (χ0v) is 14.3. The molecule has 0 bridgehead atoms.